The van der Waals surface area contributed by atoms with E-state index in [0.717, 1.165) is 37.1 Å². The summed E-state index contributed by atoms with van der Waals surface area (Å²) in [6.45, 7) is 8.70. The molecule has 2 aromatic rings. The van der Waals surface area contributed by atoms with Crippen molar-refractivity contribution in [1.29, 1.82) is 0 Å². The zero-order chi connectivity index (χ0) is 16.7. The van der Waals surface area contributed by atoms with Crippen LogP contribution in [-0.4, -0.2) is 6.01 Å². The fourth-order valence-electron chi connectivity index (χ4n) is 3.06. The van der Waals surface area contributed by atoms with Crippen molar-refractivity contribution in [3.63, 3.8) is 0 Å². The Morgan fingerprint density at radius 1 is 0.652 bits per heavy atom. The van der Waals surface area contributed by atoms with Crippen LogP contribution in [0.1, 0.15) is 49.9 Å². The minimum absolute atomic E-state index is 0.982. The van der Waals surface area contributed by atoms with Gasteiger partial charge in [-0.2, -0.15) is 9.98 Å². The van der Waals surface area contributed by atoms with Crippen LogP contribution in [0.4, 0.5) is 11.4 Å². The summed E-state index contributed by atoms with van der Waals surface area (Å²) in [7, 11) is 0. The molecule has 0 saturated heterocycles. The molecule has 2 aromatic carbocycles. The van der Waals surface area contributed by atoms with Crippen molar-refractivity contribution in [2.24, 2.45) is 9.98 Å². The molecule has 0 atom stereocenters. The van der Waals surface area contributed by atoms with Crippen molar-refractivity contribution in [2.75, 3.05) is 0 Å². The first-order valence-corrected chi connectivity index (χ1v) is 8.63. The fraction of sp³-hybridized carbons (Fsp3) is 0.381. The topological polar surface area (TPSA) is 24.7 Å². The maximum Gasteiger partial charge on any atom is 0.100 e. The average molecular weight is 306 g/mol. The van der Waals surface area contributed by atoms with E-state index < -0.39 is 0 Å². The molecule has 0 spiro atoms. The third-order valence-electron chi connectivity index (χ3n) is 4.31. The van der Waals surface area contributed by atoms with Gasteiger partial charge in [-0.1, -0.05) is 52.0 Å². The first-order chi connectivity index (χ1) is 11.2. The highest BCUT2D eigenvalue weighted by Gasteiger charge is 2.05. The molecule has 0 aliphatic rings. The van der Waals surface area contributed by atoms with E-state index in [2.05, 4.69) is 68.0 Å². The van der Waals surface area contributed by atoms with Crippen molar-refractivity contribution in [3.8, 4) is 0 Å². The SMILES string of the molecule is CCc1cccc(N=C=Nc2cccc(CC)c2CC)c1CC. The van der Waals surface area contributed by atoms with Crippen LogP contribution in [0.5, 0.6) is 0 Å². The van der Waals surface area contributed by atoms with Crippen molar-refractivity contribution >= 4 is 17.4 Å². The van der Waals surface area contributed by atoms with Gasteiger partial charge in [0.05, 0.1) is 11.4 Å². The number of benzene rings is 2. The van der Waals surface area contributed by atoms with Gasteiger partial charge in [0, 0.05) is 0 Å². The Hall–Kier alpha value is -2.18. The Bertz CT molecular complexity index is 663. The van der Waals surface area contributed by atoms with E-state index in [1.807, 2.05) is 12.1 Å². The quantitative estimate of drug-likeness (QED) is 0.578. The third-order valence-corrected chi connectivity index (χ3v) is 4.31. The van der Waals surface area contributed by atoms with Crippen LogP contribution >= 0.6 is 0 Å². The van der Waals surface area contributed by atoms with Gasteiger partial charge in [0.1, 0.15) is 6.01 Å². The summed E-state index contributed by atoms with van der Waals surface area (Å²) in [5.74, 6) is 0. The van der Waals surface area contributed by atoms with Gasteiger partial charge in [0.15, 0.2) is 0 Å². The van der Waals surface area contributed by atoms with Gasteiger partial charge in [0.25, 0.3) is 0 Å². The summed E-state index contributed by atoms with van der Waals surface area (Å²) < 4.78 is 0. The second kappa shape index (κ2) is 8.45. The number of aliphatic imine (C=N–C) groups is 2. The smallest absolute Gasteiger partial charge is 0.100 e. The molecule has 0 heterocycles. The zero-order valence-corrected chi connectivity index (χ0v) is 14.7. The summed E-state index contributed by atoms with van der Waals surface area (Å²) in [4.78, 5) is 8.99. The monoisotopic (exact) mass is 306 g/mol. The highest BCUT2D eigenvalue weighted by Crippen LogP contribution is 2.25. The Labute approximate surface area is 140 Å². The lowest BCUT2D eigenvalue weighted by atomic mass is 10.0. The van der Waals surface area contributed by atoms with E-state index in [9.17, 15) is 0 Å². The Balaban J connectivity index is 2.40. The predicted molar refractivity (Wildman–Crippen MR) is 99.6 cm³/mol. The first kappa shape index (κ1) is 17.2. The maximum absolute atomic E-state index is 4.50. The first-order valence-electron chi connectivity index (χ1n) is 8.63. The maximum atomic E-state index is 4.50. The Kier molecular flexibility index (Phi) is 6.31. The van der Waals surface area contributed by atoms with Gasteiger partial charge in [-0.3, -0.25) is 0 Å². The van der Waals surface area contributed by atoms with Gasteiger partial charge < -0.3 is 0 Å². The normalized spacial score (nSPS) is 10.3. The van der Waals surface area contributed by atoms with E-state index >= 15 is 0 Å². The molecule has 2 nitrogen and oxygen atoms in total. The van der Waals surface area contributed by atoms with Gasteiger partial charge in [-0.25, -0.2) is 0 Å². The lowest BCUT2D eigenvalue weighted by molar-refractivity contribution is 1.03. The summed E-state index contributed by atoms with van der Waals surface area (Å²) in [5, 5.41) is 0. The minimum atomic E-state index is 0.982. The second-order valence-electron chi connectivity index (χ2n) is 5.57. The number of hydrogen-bond donors (Lipinski definition) is 0. The van der Waals surface area contributed by atoms with E-state index in [1.165, 1.54) is 22.3 Å². The van der Waals surface area contributed by atoms with Gasteiger partial charge in [0.2, 0.25) is 0 Å². The van der Waals surface area contributed by atoms with Crippen LogP contribution in [0.15, 0.2) is 46.4 Å². The highest BCUT2D eigenvalue weighted by atomic mass is 14.8. The minimum Gasteiger partial charge on any atom is -0.187 e. The number of aryl methyl sites for hydroxylation is 2. The van der Waals surface area contributed by atoms with Crippen molar-refractivity contribution in [2.45, 2.75) is 53.4 Å². The van der Waals surface area contributed by atoms with Gasteiger partial charge in [-0.15, -0.1) is 0 Å². The number of rotatable bonds is 6. The number of hydrogen-bond acceptors (Lipinski definition) is 2. The van der Waals surface area contributed by atoms with E-state index in [1.54, 1.807) is 0 Å². The molecular weight excluding hydrogens is 280 g/mol. The Morgan fingerprint density at radius 3 is 1.43 bits per heavy atom. The molecule has 0 amide bonds. The lowest BCUT2D eigenvalue weighted by Crippen LogP contribution is -1.91. The van der Waals surface area contributed by atoms with Crippen LogP contribution < -0.4 is 0 Å². The average Bonchev–Trinajstić information content (AvgIpc) is 2.60. The fourth-order valence-corrected chi connectivity index (χ4v) is 3.06. The van der Waals surface area contributed by atoms with Crippen molar-refractivity contribution in [3.05, 3.63) is 58.7 Å². The molecule has 0 saturated carbocycles. The lowest BCUT2D eigenvalue weighted by Gasteiger charge is -2.08. The molecule has 0 radical (unpaired) electrons. The molecule has 0 N–H and O–H groups in total. The van der Waals surface area contributed by atoms with Crippen LogP contribution in [-0.2, 0) is 25.7 Å². The third kappa shape index (κ3) is 3.97. The molecule has 0 aliphatic heterocycles. The van der Waals surface area contributed by atoms with E-state index in [4.69, 9.17) is 0 Å². The standard InChI is InChI=1S/C21H26N2/c1-5-16-11-9-13-20(18(16)7-3)22-15-23-21-14-10-12-17(6-2)19(21)8-4/h9-14H,5-8H2,1-4H3. The van der Waals surface area contributed by atoms with Crippen molar-refractivity contribution in [1.82, 2.24) is 0 Å². The van der Waals surface area contributed by atoms with E-state index in [-0.39, 0.29) is 0 Å². The predicted octanol–water partition coefficient (Wildman–Crippen LogP) is 6.07. The Morgan fingerprint density at radius 2 is 1.09 bits per heavy atom. The molecule has 23 heavy (non-hydrogen) atoms. The molecule has 0 aliphatic carbocycles. The molecule has 2 heteroatoms. The molecule has 2 rings (SSSR count). The summed E-state index contributed by atoms with van der Waals surface area (Å²) in [6, 6.07) is 15.5. The summed E-state index contributed by atoms with van der Waals surface area (Å²) >= 11 is 0. The van der Waals surface area contributed by atoms with E-state index in [0.29, 0.717) is 0 Å². The molecule has 0 unspecified atom stereocenters. The van der Waals surface area contributed by atoms with Crippen molar-refractivity contribution < 1.29 is 0 Å². The van der Waals surface area contributed by atoms with Crippen LogP contribution in [0.3, 0.4) is 0 Å². The van der Waals surface area contributed by atoms with Crippen LogP contribution in [0.25, 0.3) is 0 Å². The van der Waals surface area contributed by atoms with Gasteiger partial charge in [-0.05, 0) is 60.1 Å². The largest absolute Gasteiger partial charge is 0.187 e. The molecular formula is C21H26N2. The second-order valence-corrected chi connectivity index (χ2v) is 5.57. The zero-order valence-electron chi connectivity index (χ0n) is 14.7. The van der Waals surface area contributed by atoms with Crippen LogP contribution in [0.2, 0.25) is 0 Å². The summed E-state index contributed by atoms with van der Waals surface area (Å²) in [5.41, 5.74) is 7.29. The molecule has 120 valence electrons. The van der Waals surface area contributed by atoms with Gasteiger partial charge >= 0.3 is 0 Å². The molecule has 0 aromatic heterocycles. The highest BCUT2D eigenvalue weighted by molar-refractivity contribution is 5.63. The number of nitrogens with zero attached hydrogens (tertiary/aromatic N) is 2. The summed E-state index contributed by atoms with van der Waals surface area (Å²) in [6.07, 6.45) is 4.02. The molecule has 0 fully saturated rings. The van der Waals surface area contributed by atoms with Crippen LogP contribution in [0, 0.1) is 0 Å². The molecule has 0 bridgehead atoms.